The highest BCUT2D eigenvalue weighted by Gasteiger charge is 2.13. The number of carbonyl (C=O) groups excluding carboxylic acids is 1. The highest BCUT2D eigenvalue weighted by molar-refractivity contribution is 6.08. The Hall–Kier alpha value is -2.15. The molecule has 0 aliphatic heterocycles. The van der Waals surface area contributed by atoms with Gasteiger partial charge in [0.05, 0.1) is 5.92 Å². The van der Waals surface area contributed by atoms with Crippen molar-refractivity contribution in [3.63, 3.8) is 0 Å². The van der Waals surface area contributed by atoms with Gasteiger partial charge in [0.15, 0.2) is 0 Å². The minimum Gasteiger partial charge on any atom is -0.290 e. The second-order valence-corrected chi connectivity index (χ2v) is 4.81. The van der Waals surface area contributed by atoms with Crippen LogP contribution in [0.25, 0.3) is 21.5 Å². The maximum absolute atomic E-state index is 11.1. The van der Waals surface area contributed by atoms with E-state index in [-0.39, 0.29) is 5.92 Å². The van der Waals surface area contributed by atoms with E-state index >= 15 is 0 Å². The molecule has 3 rings (SSSR count). The summed E-state index contributed by atoms with van der Waals surface area (Å²) in [4.78, 5) is 11.1. The molecule has 1 atom stereocenters. The Morgan fingerprint density at radius 3 is 2.47 bits per heavy atom. The quantitative estimate of drug-likeness (QED) is 0.618. The van der Waals surface area contributed by atoms with E-state index in [4.69, 9.17) is 0 Å². The highest BCUT2D eigenvalue weighted by atomic mass is 16.1. The molecule has 0 spiro atoms. The Balaban J connectivity index is 2.38. The molecule has 0 bridgehead atoms. The van der Waals surface area contributed by atoms with E-state index in [1.807, 2.05) is 25.1 Å². The van der Waals surface area contributed by atoms with E-state index < -0.39 is 0 Å². The summed E-state index contributed by atoms with van der Waals surface area (Å²) in [6, 6.07) is 18.8. The van der Waals surface area contributed by atoms with Crippen LogP contribution in [0.2, 0.25) is 0 Å². The third-order valence-corrected chi connectivity index (χ3v) is 3.75. The lowest BCUT2D eigenvalue weighted by molar-refractivity contribution is 0.541. The maximum atomic E-state index is 11.1. The number of hydrogen-bond acceptors (Lipinski definition) is 1. The van der Waals surface area contributed by atoms with Gasteiger partial charge in [-0.1, -0.05) is 61.5 Å². The topological polar surface area (TPSA) is 17.1 Å². The van der Waals surface area contributed by atoms with Crippen LogP contribution in [0.5, 0.6) is 0 Å². The Morgan fingerprint density at radius 1 is 0.895 bits per heavy atom. The van der Waals surface area contributed by atoms with Gasteiger partial charge in [-0.15, -0.1) is 0 Å². The Kier molecular flexibility index (Phi) is 3.04. The molecular formula is C18H15O. The normalized spacial score (nSPS) is 12.7. The molecule has 0 N–H and O–H groups in total. The molecule has 0 saturated carbocycles. The average Bonchev–Trinajstić information content (AvgIpc) is 2.48. The Labute approximate surface area is 112 Å². The number of fused-ring (bicyclic) bond motifs is 3. The van der Waals surface area contributed by atoms with Crippen molar-refractivity contribution in [2.45, 2.75) is 19.3 Å². The lowest BCUT2D eigenvalue weighted by Crippen LogP contribution is -1.99. The Morgan fingerprint density at radius 2 is 1.68 bits per heavy atom. The minimum absolute atomic E-state index is 0.134. The molecule has 1 radical (unpaired) electrons. The Bertz CT molecular complexity index is 743. The van der Waals surface area contributed by atoms with E-state index in [2.05, 4.69) is 42.7 Å². The summed E-state index contributed by atoms with van der Waals surface area (Å²) in [7, 11) is 0. The van der Waals surface area contributed by atoms with E-state index in [0.717, 1.165) is 17.4 Å². The van der Waals surface area contributed by atoms with Crippen molar-refractivity contribution >= 4 is 27.8 Å². The minimum atomic E-state index is -0.134. The summed E-state index contributed by atoms with van der Waals surface area (Å²) in [5, 5.41) is 4.85. The fourth-order valence-corrected chi connectivity index (χ4v) is 2.74. The molecular weight excluding hydrogens is 232 g/mol. The summed E-state index contributed by atoms with van der Waals surface area (Å²) in [6.45, 7) is 2.02. The zero-order chi connectivity index (χ0) is 13.2. The van der Waals surface area contributed by atoms with Gasteiger partial charge in [-0.2, -0.15) is 0 Å². The van der Waals surface area contributed by atoms with Crippen molar-refractivity contribution in [2.24, 2.45) is 0 Å². The van der Waals surface area contributed by atoms with Crippen LogP contribution in [-0.4, -0.2) is 6.29 Å². The van der Waals surface area contributed by atoms with Gasteiger partial charge in [0, 0.05) is 0 Å². The van der Waals surface area contributed by atoms with E-state index in [9.17, 15) is 4.79 Å². The van der Waals surface area contributed by atoms with E-state index in [1.54, 1.807) is 0 Å². The summed E-state index contributed by atoms with van der Waals surface area (Å²) < 4.78 is 0. The van der Waals surface area contributed by atoms with Crippen molar-refractivity contribution in [1.82, 2.24) is 0 Å². The van der Waals surface area contributed by atoms with Gasteiger partial charge >= 0.3 is 0 Å². The van der Waals surface area contributed by atoms with Gasteiger partial charge in [0.25, 0.3) is 0 Å². The third kappa shape index (κ3) is 1.91. The van der Waals surface area contributed by atoms with Crippen molar-refractivity contribution in [1.29, 1.82) is 0 Å². The van der Waals surface area contributed by atoms with E-state index in [1.165, 1.54) is 16.2 Å². The highest BCUT2D eigenvalue weighted by Crippen LogP contribution is 2.31. The molecule has 0 amide bonds. The summed E-state index contributed by atoms with van der Waals surface area (Å²) in [6.07, 6.45) is 2.95. The fourth-order valence-electron chi connectivity index (χ4n) is 2.74. The van der Waals surface area contributed by atoms with Crippen molar-refractivity contribution in [3.8, 4) is 0 Å². The first-order valence-corrected chi connectivity index (χ1v) is 6.63. The fraction of sp³-hybridized carbons (Fsp3) is 0.167. The molecule has 1 nitrogen and oxygen atoms in total. The van der Waals surface area contributed by atoms with Crippen LogP contribution >= 0.6 is 0 Å². The predicted octanol–water partition coefficient (Wildman–Crippen LogP) is 4.60. The molecule has 0 aromatic heterocycles. The van der Waals surface area contributed by atoms with Gasteiger partial charge in [-0.3, -0.25) is 4.79 Å². The smallest absolute Gasteiger partial charge is 0.206 e. The standard InChI is InChI=1S/C18H15O/c1-2-13(12-19)15-8-5-9-17-16-7-4-3-6-14(16)10-11-18(15)17/h3-11,13H,2H2,1H3. The van der Waals surface area contributed by atoms with Crippen LogP contribution in [0.4, 0.5) is 0 Å². The van der Waals surface area contributed by atoms with Crippen LogP contribution in [0.3, 0.4) is 0 Å². The molecule has 19 heavy (non-hydrogen) atoms. The van der Waals surface area contributed by atoms with Crippen LogP contribution in [0, 0.1) is 0 Å². The molecule has 0 aliphatic rings. The molecule has 0 heterocycles. The number of benzene rings is 3. The van der Waals surface area contributed by atoms with Crippen LogP contribution in [0.15, 0.2) is 54.6 Å². The van der Waals surface area contributed by atoms with Gasteiger partial charge in [0.1, 0.15) is 0 Å². The largest absolute Gasteiger partial charge is 0.290 e. The zero-order valence-electron chi connectivity index (χ0n) is 10.9. The first-order chi connectivity index (χ1) is 9.35. The lowest BCUT2D eigenvalue weighted by atomic mass is 9.91. The first kappa shape index (κ1) is 11.9. The molecule has 3 aromatic carbocycles. The van der Waals surface area contributed by atoms with Crippen LogP contribution < -0.4 is 0 Å². The third-order valence-electron chi connectivity index (χ3n) is 3.75. The molecule has 1 heteroatoms. The first-order valence-electron chi connectivity index (χ1n) is 6.63. The summed E-state index contributed by atoms with van der Waals surface area (Å²) >= 11 is 0. The maximum Gasteiger partial charge on any atom is 0.206 e. The summed E-state index contributed by atoms with van der Waals surface area (Å²) in [5.41, 5.74) is 1.08. The predicted molar refractivity (Wildman–Crippen MR) is 80.2 cm³/mol. The van der Waals surface area contributed by atoms with Gasteiger partial charge < -0.3 is 0 Å². The molecule has 0 saturated heterocycles. The summed E-state index contributed by atoms with van der Waals surface area (Å²) in [5.74, 6) is -0.134. The second kappa shape index (κ2) is 4.85. The van der Waals surface area contributed by atoms with Gasteiger partial charge in [-0.05, 0) is 33.5 Å². The van der Waals surface area contributed by atoms with Crippen LogP contribution in [0.1, 0.15) is 24.8 Å². The van der Waals surface area contributed by atoms with Crippen molar-refractivity contribution < 1.29 is 4.79 Å². The van der Waals surface area contributed by atoms with Crippen molar-refractivity contribution in [2.75, 3.05) is 0 Å². The molecule has 0 fully saturated rings. The van der Waals surface area contributed by atoms with Gasteiger partial charge in [0.2, 0.25) is 6.29 Å². The lowest BCUT2D eigenvalue weighted by Gasteiger charge is -2.12. The van der Waals surface area contributed by atoms with Gasteiger partial charge in [-0.25, -0.2) is 0 Å². The zero-order valence-corrected chi connectivity index (χ0v) is 10.9. The SMILES string of the molecule is CCC([C]=O)c1cccc2c1ccc1ccccc12. The molecule has 1 unspecified atom stereocenters. The van der Waals surface area contributed by atoms with E-state index in [0.29, 0.717) is 0 Å². The number of hydrogen-bond donors (Lipinski definition) is 0. The molecule has 0 aliphatic carbocycles. The molecule has 3 aromatic rings. The van der Waals surface area contributed by atoms with Crippen molar-refractivity contribution in [3.05, 3.63) is 60.2 Å². The second-order valence-electron chi connectivity index (χ2n) is 4.81. The number of rotatable bonds is 3. The van der Waals surface area contributed by atoms with Crippen LogP contribution in [-0.2, 0) is 4.79 Å². The molecule has 93 valence electrons. The average molecular weight is 247 g/mol. The monoisotopic (exact) mass is 247 g/mol.